The molecule has 0 fully saturated rings. The van der Waals surface area contributed by atoms with E-state index in [1.165, 1.54) is 44.9 Å². The van der Waals surface area contributed by atoms with Crippen molar-refractivity contribution in [2.24, 2.45) is 5.41 Å². The highest BCUT2D eigenvalue weighted by Crippen LogP contribution is 2.30. The fourth-order valence-electron chi connectivity index (χ4n) is 3.42. The highest BCUT2D eigenvalue weighted by molar-refractivity contribution is 5.69. The molecule has 0 bridgehead atoms. The van der Waals surface area contributed by atoms with Crippen molar-refractivity contribution in [2.45, 2.75) is 111 Å². The number of aliphatic hydroxyl groups is 1. The van der Waals surface area contributed by atoms with E-state index in [1.807, 2.05) is 0 Å². The lowest BCUT2D eigenvalue weighted by molar-refractivity contribution is -0.149. The molecule has 0 aliphatic heterocycles. The van der Waals surface area contributed by atoms with Crippen LogP contribution in [0.5, 0.6) is 0 Å². The second kappa shape index (κ2) is 15.9. The molecule has 0 unspecified atom stereocenters. The van der Waals surface area contributed by atoms with Gasteiger partial charge < -0.3 is 9.84 Å². The van der Waals surface area contributed by atoms with E-state index in [0.29, 0.717) is 13.0 Å². The summed E-state index contributed by atoms with van der Waals surface area (Å²) in [6.07, 6.45) is 15.7. The average molecular weight is 343 g/mol. The van der Waals surface area contributed by atoms with Gasteiger partial charge in [-0.05, 0) is 19.3 Å². The Morgan fingerprint density at radius 2 is 1.29 bits per heavy atom. The first-order valence-electron chi connectivity index (χ1n) is 10.4. The minimum absolute atomic E-state index is 0.0945. The van der Waals surface area contributed by atoms with Crippen LogP contribution in [0.2, 0.25) is 0 Å². The molecule has 0 aromatic heterocycles. The minimum Gasteiger partial charge on any atom is -0.465 e. The smallest absolute Gasteiger partial charge is 0.305 e. The average Bonchev–Trinajstić information content (AvgIpc) is 2.58. The molecule has 0 aromatic carbocycles. The van der Waals surface area contributed by atoms with Gasteiger partial charge in [-0.3, -0.25) is 4.79 Å². The van der Waals surface area contributed by atoms with Crippen LogP contribution >= 0.6 is 0 Å². The van der Waals surface area contributed by atoms with Crippen molar-refractivity contribution in [1.82, 2.24) is 0 Å². The van der Waals surface area contributed by atoms with E-state index in [4.69, 9.17) is 4.74 Å². The molecule has 0 spiro atoms. The van der Waals surface area contributed by atoms with Gasteiger partial charge in [0.05, 0.1) is 13.2 Å². The van der Waals surface area contributed by atoms with Gasteiger partial charge in [-0.25, -0.2) is 0 Å². The minimum atomic E-state index is -0.225. The number of carbonyl (C=O) groups is 1. The second-order valence-electron chi connectivity index (χ2n) is 7.40. The highest BCUT2D eigenvalue weighted by atomic mass is 16.5. The van der Waals surface area contributed by atoms with Gasteiger partial charge >= 0.3 is 5.97 Å². The lowest BCUT2D eigenvalue weighted by Crippen LogP contribution is -2.32. The second-order valence-corrected chi connectivity index (χ2v) is 7.40. The van der Waals surface area contributed by atoms with Crippen LogP contribution in [0.25, 0.3) is 0 Å². The largest absolute Gasteiger partial charge is 0.465 e. The molecule has 0 aromatic rings. The quantitative estimate of drug-likeness (QED) is 0.259. The van der Waals surface area contributed by atoms with E-state index in [1.54, 1.807) is 0 Å². The number of hydrogen-bond acceptors (Lipinski definition) is 3. The van der Waals surface area contributed by atoms with Crippen LogP contribution in [0.1, 0.15) is 111 Å². The van der Waals surface area contributed by atoms with Gasteiger partial charge in [0.2, 0.25) is 0 Å². The summed E-state index contributed by atoms with van der Waals surface area (Å²) in [5, 5.41) is 9.71. The first-order valence-corrected chi connectivity index (χ1v) is 10.4. The molecule has 0 aliphatic rings. The van der Waals surface area contributed by atoms with E-state index in [0.717, 1.165) is 38.5 Å². The van der Waals surface area contributed by atoms with Gasteiger partial charge in [-0.1, -0.05) is 85.0 Å². The maximum atomic E-state index is 11.9. The first kappa shape index (κ1) is 23.4. The summed E-state index contributed by atoms with van der Waals surface area (Å²) in [5.41, 5.74) is -0.225. The van der Waals surface area contributed by atoms with Crippen LogP contribution in [0.4, 0.5) is 0 Å². The highest BCUT2D eigenvalue weighted by Gasteiger charge is 2.29. The van der Waals surface area contributed by atoms with Crippen molar-refractivity contribution in [3.05, 3.63) is 0 Å². The van der Waals surface area contributed by atoms with E-state index in [-0.39, 0.29) is 18.0 Å². The van der Waals surface area contributed by atoms with Gasteiger partial charge in [0, 0.05) is 11.8 Å². The number of unbranched alkanes of at least 4 members (excludes halogenated alkanes) is 8. The Morgan fingerprint density at radius 3 is 1.75 bits per heavy atom. The molecule has 144 valence electrons. The Hall–Kier alpha value is -0.570. The summed E-state index contributed by atoms with van der Waals surface area (Å²) in [7, 11) is 0. The van der Waals surface area contributed by atoms with Crippen molar-refractivity contribution < 1.29 is 14.6 Å². The van der Waals surface area contributed by atoms with E-state index < -0.39 is 0 Å². The number of hydrogen-bond donors (Lipinski definition) is 1. The van der Waals surface area contributed by atoms with Gasteiger partial charge in [0.1, 0.15) is 0 Å². The van der Waals surface area contributed by atoms with Crippen molar-refractivity contribution in [2.75, 3.05) is 13.2 Å². The van der Waals surface area contributed by atoms with Crippen LogP contribution in [0.3, 0.4) is 0 Å². The molecule has 1 N–H and O–H groups in total. The van der Waals surface area contributed by atoms with E-state index in [2.05, 4.69) is 20.8 Å². The summed E-state index contributed by atoms with van der Waals surface area (Å²) in [6, 6.07) is 0. The Balaban J connectivity index is 3.73. The molecule has 0 amide bonds. The number of rotatable bonds is 17. The van der Waals surface area contributed by atoms with Gasteiger partial charge in [-0.2, -0.15) is 0 Å². The molecule has 3 heteroatoms. The molecule has 24 heavy (non-hydrogen) atoms. The van der Waals surface area contributed by atoms with Crippen LogP contribution in [0, 0.1) is 5.41 Å². The molecule has 0 radical (unpaired) electrons. The fraction of sp³-hybridized carbons (Fsp3) is 0.952. The van der Waals surface area contributed by atoms with Gasteiger partial charge in [0.15, 0.2) is 0 Å². The zero-order valence-electron chi connectivity index (χ0n) is 16.6. The number of aliphatic hydroxyl groups excluding tert-OH is 1. The van der Waals surface area contributed by atoms with Crippen LogP contribution in [-0.2, 0) is 9.53 Å². The predicted octanol–water partition coefficient (Wildman–Crippen LogP) is 6.03. The van der Waals surface area contributed by atoms with E-state index in [9.17, 15) is 9.90 Å². The van der Waals surface area contributed by atoms with Crippen LogP contribution in [-0.4, -0.2) is 24.3 Å². The summed E-state index contributed by atoms with van der Waals surface area (Å²) in [5.74, 6) is -0.0945. The molecule has 0 saturated heterocycles. The Kier molecular flexibility index (Phi) is 15.6. The third-order valence-corrected chi connectivity index (χ3v) is 4.92. The number of esters is 1. The summed E-state index contributed by atoms with van der Waals surface area (Å²) in [4.78, 5) is 11.9. The SMILES string of the molecule is CCCCCCCCCCCC(=O)OCC(CO)(CCC)CCC. The Morgan fingerprint density at radius 1 is 0.792 bits per heavy atom. The summed E-state index contributed by atoms with van der Waals surface area (Å²) < 4.78 is 5.48. The lowest BCUT2D eigenvalue weighted by atomic mass is 9.81. The lowest BCUT2D eigenvalue weighted by Gasteiger charge is -2.30. The summed E-state index contributed by atoms with van der Waals surface area (Å²) >= 11 is 0. The number of carbonyl (C=O) groups excluding carboxylic acids is 1. The topological polar surface area (TPSA) is 46.5 Å². The van der Waals surface area contributed by atoms with Crippen LogP contribution in [0.15, 0.2) is 0 Å². The van der Waals surface area contributed by atoms with Crippen molar-refractivity contribution in [3.8, 4) is 0 Å². The molecule has 0 rings (SSSR count). The molecule has 0 saturated carbocycles. The molecular weight excluding hydrogens is 300 g/mol. The van der Waals surface area contributed by atoms with Crippen molar-refractivity contribution >= 4 is 5.97 Å². The molecule has 0 aliphatic carbocycles. The summed E-state index contributed by atoms with van der Waals surface area (Å²) in [6.45, 7) is 6.96. The third-order valence-electron chi connectivity index (χ3n) is 4.92. The Labute approximate surface area is 150 Å². The fourth-order valence-corrected chi connectivity index (χ4v) is 3.42. The standard InChI is InChI=1S/C21H42O3/c1-4-7-8-9-10-11-12-13-14-15-20(23)24-19-21(18-22,16-5-2)17-6-3/h22H,4-19H2,1-3H3. The van der Waals surface area contributed by atoms with Crippen molar-refractivity contribution in [1.29, 1.82) is 0 Å². The van der Waals surface area contributed by atoms with E-state index >= 15 is 0 Å². The zero-order valence-corrected chi connectivity index (χ0v) is 16.6. The maximum Gasteiger partial charge on any atom is 0.305 e. The normalized spacial score (nSPS) is 11.7. The van der Waals surface area contributed by atoms with Gasteiger partial charge in [0.25, 0.3) is 0 Å². The van der Waals surface area contributed by atoms with Crippen molar-refractivity contribution in [3.63, 3.8) is 0 Å². The first-order chi connectivity index (χ1) is 11.6. The predicted molar refractivity (Wildman–Crippen MR) is 102 cm³/mol. The Bertz CT molecular complexity index is 283. The zero-order chi connectivity index (χ0) is 18.1. The van der Waals surface area contributed by atoms with Crippen LogP contribution < -0.4 is 0 Å². The molecule has 0 heterocycles. The molecular formula is C21H42O3. The monoisotopic (exact) mass is 342 g/mol. The third kappa shape index (κ3) is 11.9. The molecule has 0 atom stereocenters. The molecule has 3 nitrogen and oxygen atoms in total. The van der Waals surface area contributed by atoms with Gasteiger partial charge in [-0.15, -0.1) is 0 Å². The maximum absolute atomic E-state index is 11.9. The number of ether oxygens (including phenoxy) is 1.